The first-order valence-electron chi connectivity index (χ1n) is 6.85. The second kappa shape index (κ2) is 12.8. The lowest BCUT2D eigenvalue weighted by atomic mass is 10.4. The van der Waals surface area contributed by atoms with E-state index in [0.717, 1.165) is 0 Å². The minimum atomic E-state index is -0.460. The Bertz CT molecular complexity index is 376. The van der Waals surface area contributed by atoms with E-state index in [1.807, 2.05) is 0 Å². The fourth-order valence-electron chi connectivity index (χ4n) is 1.06. The summed E-state index contributed by atoms with van der Waals surface area (Å²) in [5.74, 6) is -0.287. The first kappa shape index (κ1) is 20.1. The number of hydrogen-bond acceptors (Lipinski definition) is 7. The summed E-state index contributed by atoms with van der Waals surface area (Å²) >= 11 is 0. The number of allylic oxidation sites excluding steroid dienone is 1. The number of hydrogen-bond donors (Lipinski definition) is 0. The highest BCUT2D eigenvalue weighted by Crippen LogP contribution is 1.94. The molecule has 7 heteroatoms. The lowest BCUT2D eigenvalue weighted by Crippen LogP contribution is -2.15. The number of esters is 2. The molecule has 0 bridgehead atoms. The Kier molecular flexibility index (Phi) is 11.8. The molecule has 0 radical (unpaired) electrons. The van der Waals surface area contributed by atoms with Crippen molar-refractivity contribution in [3.63, 3.8) is 0 Å². The Labute approximate surface area is 130 Å². The minimum absolute atomic E-state index is 0.0822. The highest BCUT2D eigenvalue weighted by Gasteiger charge is 2.04. The van der Waals surface area contributed by atoms with Gasteiger partial charge in [0.2, 0.25) is 0 Å². The second-order valence-corrected chi connectivity index (χ2v) is 4.37. The monoisotopic (exact) mass is 316 g/mol. The lowest BCUT2D eigenvalue weighted by molar-refractivity contribution is -0.148. The van der Waals surface area contributed by atoms with Crippen molar-refractivity contribution < 1.29 is 33.3 Å². The third kappa shape index (κ3) is 13.1. The van der Waals surface area contributed by atoms with Gasteiger partial charge in [-0.05, 0) is 13.8 Å². The quantitative estimate of drug-likeness (QED) is 0.168. The Morgan fingerprint density at radius 1 is 0.818 bits per heavy atom. The molecule has 0 aromatic heterocycles. The van der Waals surface area contributed by atoms with Crippen LogP contribution in [0.1, 0.15) is 20.3 Å². The van der Waals surface area contributed by atoms with Crippen molar-refractivity contribution in [2.45, 2.75) is 20.3 Å². The second-order valence-electron chi connectivity index (χ2n) is 4.37. The molecule has 0 aromatic carbocycles. The first-order chi connectivity index (χ1) is 10.4. The molecule has 7 nitrogen and oxygen atoms in total. The number of carbonyl (C=O) groups excluding carboxylic acids is 2. The Hall–Kier alpha value is -1.86. The number of rotatable bonds is 13. The molecule has 0 aliphatic heterocycles. The highest BCUT2D eigenvalue weighted by atomic mass is 16.7. The molecule has 0 saturated heterocycles. The topological polar surface area (TPSA) is 80.3 Å². The van der Waals surface area contributed by atoms with Crippen LogP contribution in [0.3, 0.4) is 0 Å². The zero-order valence-electron chi connectivity index (χ0n) is 13.2. The molecule has 0 atom stereocenters. The van der Waals surface area contributed by atoms with E-state index in [9.17, 15) is 9.59 Å². The zero-order chi connectivity index (χ0) is 16.8. The summed E-state index contributed by atoms with van der Waals surface area (Å²) in [6.07, 6.45) is 0.122. The standard InChI is InChI=1S/C15H24O7/c1-12(2)15(17)21-10-7-18-6-5-14(16)20-9-8-19-11-22-13(3)4/h1,3,5-11H2,2,4H3. The largest absolute Gasteiger partial charge is 0.473 e. The molecule has 0 aliphatic rings. The molecule has 0 unspecified atom stereocenters. The summed E-state index contributed by atoms with van der Waals surface area (Å²) in [4.78, 5) is 22.4. The van der Waals surface area contributed by atoms with E-state index in [2.05, 4.69) is 13.2 Å². The first-order valence-corrected chi connectivity index (χ1v) is 6.85. The summed E-state index contributed by atoms with van der Waals surface area (Å²) in [7, 11) is 0. The van der Waals surface area contributed by atoms with Crippen molar-refractivity contribution in [2.75, 3.05) is 39.8 Å². The predicted molar refractivity (Wildman–Crippen MR) is 78.9 cm³/mol. The molecule has 0 saturated carbocycles. The van der Waals surface area contributed by atoms with E-state index < -0.39 is 5.97 Å². The molecular formula is C15H24O7. The van der Waals surface area contributed by atoms with Crippen molar-refractivity contribution in [2.24, 2.45) is 0 Å². The van der Waals surface area contributed by atoms with Crippen molar-refractivity contribution in [1.29, 1.82) is 0 Å². The van der Waals surface area contributed by atoms with Gasteiger partial charge in [-0.15, -0.1) is 0 Å². The summed E-state index contributed by atoms with van der Waals surface area (Å²) in [5, 5.41) is 0. The minimum Gasteiger partial charge on any atom is -0.473 e. The van der Waals surface area contributed by atoms with E-state index in [-0.39, 0.29) is 52.2 Å². The fraction of sp³-hybridized carbons (Fsp3) is 0.600. The third-order valence-corrected chi connectivity index (χ3v) is 2.14. The molecule has 126 valence electrons. The van der Waals surface area contributed by atoms with Gasteiger partial charge in [0, 0.05) is 5.57 Å². The average Bonchev–Trinajstić information content (AvgIpc) is 2.45. The Morgan fingerprint density at radius 2 is 1.45 bits per heavy atom. The molecule has 0 N–H and O–H groups in total. The Morgan fingerprint density at radius 3 is 2.09 bits per heavy atom. The fourth-order valence-corrected chi connectivity index (χ4v) is 1.06. The van der Waals surface area contributed by atoms with Gasteiger partial charge in [-0.1, -0.05) is 13.2 Å². The van der Waals surface area contributed by atoms with E-state index in [1.165, 1.54) is 0 Å². The maximum Gasteiger partial charge on any atom is 0.333 e. The van der Waals surface area contributed by atoms with Gasteiger partial charge in [0.25, 0.3) is 0 Å². The van der Waals surface area contributed by atoms with Crippen LogP contribution in [-0.2, 0) is 33.3 Å². The van der Waals surface area contributed by atoms with Gasteiger partial charge in [0.1, 0.15) is 13.2 Å². The van der Waals surface area contributed by atoms with E-state index >= 15 is 0 Å². The molecule has 0 amide bonds. The molecule has 22 heavy (non-hydrogen) atoms. The summed E-state index contributed by atoms with van der Waals surface area (Å²) in [6.45, 7) is 11.3. The van der Waals surface area contributed by atoms with Crippen LogP contribution in [0.2, 0.25) is 0 Å². The molecular weight excluding hydrogens is 292 g/mol. The van der Waals surface area contributed by atoms with E-state index in [4.69, 9.17) is 23.7 Å². The number of carbonyl (C=O) groups is 2. The molecule has 0 rings (SSSR count). The molecule has 0 aliphatic carbocycles. The zero-order valence-corrected chi connectivity index (χ0v) is 13.2. The van der Waals surface area contributed by atoms with Gasteiger partial charge >= 0.3 is 11.9 Å². The highest BCUT2D eigenvalue weighted by molar-refractivity contribution is 5.86. The SMILES string of the molecule is C=C(C)OCOCCOC(=O)CCOCCOC(=O)C(=C)C. The summed E-state index contributed by atoms with van der Waals surface area (Å²) in [6, 6.07) is 0. The molecule has 0 aromatic rings. The van der Waals surface area contributed by atoms with Crippen LogP contribution in [0, 0.1) is 0 Å². The molecule has 0 heterocycles. The van der Waals surface area contributed by atoms with E-state index in [0.29, 0.717) is 11.3 Å². The van der Waals surface area contributed by atoms with Crippen LogP contribution in [0.25, 0.3) is 0 Å². The van der Waals surface area contributed by atoms with Gasteiger partial charge in [-0.2, -0.15) is 0 Å². The van der Waals surface area contributed by atoms with Crippen molar-refractivity contribution in [3.8, 4) is 0 Å². The average molecular weight is 316 g/mol. The van der Waals surface area contributed by atoms with Crippen LogP contribution in [0.4, 0.5) is 0 Å². The van der Waals surface area contributed by atoms with Crippen LogP contribution in [0.15, 0.2) is 24.5 Å². The van der Waals surface area contributed by atoms with Gasteiger partial charge < -0.3 is 23.7 Å². The van der Waals surface area contributed by atoms with Crippen molar-refractivity contribution in [3.05, 3.63) is 24.5 Å². The molecule has 0 spiro atoms. The third-order valence-electron chi connectivity index (χ3n) is 2.14. The Balaban J connectivity index is 3.34. The lowest BCUT2D eigenvalue weighted by Gasteiger charge is -2.08. The van der Waals surface area contributed by atoms with Crippen molar-refractivity contribution >= 4 is 11.9 Å². The maximum atomic E-state index is 11.3. The smallest absolute Gasteiger partial charge is 0.333 e. The van der Waals surface area contributed by atoms with E-state index in [1.54, 1.807) is 13.8 Å². The van der Waals surface area contributed by atoms with Gasteiger partial charge in [-0.3, -0.25) is 4.79 Å². The summed E-state index contributed by atoms with van der Waals surface area (Å²) < 4.78 is 24.9. The van der Waals surface area contributed by atoms with Crippen molar-refractivity contribution in [1.82, 2.24) is 0 Å². The van der Waals surface area contributed by atoms with Crippen LogP contribution < -0.4 is 0 Å². The molecule has 0 fully saturated rings. The van der Waals surface area contributed by atoms with Crippen LogP contribution >= 0.6 is 0 Å². The number of ether oxygens (including phenoxy) is 5. The van der Waals surface area contributed by atoms with Gasteiger partial charge in [0.15, 0.2) is 6.79 Å². The van der Waals surface area contributed by atoms with Crippen LogP contribution in [-0.4, -0.2) is 51.8 Å². The predicted octanol–water partition coefficient (Wildman–Crippen LogP) is 1.58. The van der Waals surface area contributed by atoms with Crippen LogP contribution in [0.5, 0.6) is 0 Å². The summed E-state index contributed by atoms with van der Waals surface area (Å²) in [5.41, 5.74) is 0.333. The normalized spacial score (nSPS) is 9.91. The maximum absolute atomic E-state index is 11.3. The van der Waals surface area contributed by atoms with Gasteiger partial charge in [0.05, 0.1) is 32.0 Å². The van der Waals surface area contributed by atoms with Gasteiger partial charge in [-0.25, -0.2) is 4.79 Å².